The minimum Gasteiger partial charge on any atom is -0.489 e. The van der Waals surface area contributed by atoms with E-state index < -0.39 is 6.10 Å². The molecule has 0 aliphatic rings. The number of aromatic nitrogens is 2. The van der Waals surface area contributed by atoms with E-state index in [4.69, 9.17) is 27.9 Å². The van der Waals surface area contributed by atoms with Gasteiger partial charge in [-0.05, 0) is 18.2 Å². The number of ether oxygens (including phenoxy) is 1. The lowest BCUT2D eigenvalue weighted by Crippen LogP contribution is -2.33. The predicted octanol–water partition coefficient (Wildman–Crippen LogP) is 2.22. The van der Waals surface area contributed by atoms with Gasteiger partial charge in [-0.2, -0.15) is 0 Å². The van der Waals surface area contributed by atoms with Crippen molar-refractivity contribution in [1.82, 2.24) is 14.9 Å². The maximum Gasteiger partial charge on any atom is 0.138 e. The van der Waals surface area contributed by atoms with Crippen molar-refractivity contribution in [2.45, 2.75) is 12.6 Å². The summed E-state index contributed by atoms with van der Waals surface area (Å²) in [6.07, 6.45) is 4.77. The summed E-state index contributed by atoms with van der Waals surface area (Å²) in [6.45, 7) is 2.16. The third kappa shape index (κ3) is 5.55. The van der Waals surface area contributed by atoms with Crippen LogP contribution in [0.1, 0.15) is 0 Å². The van der Waals surface area contributed by atoms with Gasteiger partial charge in [0, 0.05) is 37.1 Å². The number of rotatable bonds is 8. The molecule has 0 bridgehead atoms. The Labute approximate surface area is 133 Å². The van der Waals surface area contributed by atoms with E-state index in [9.17, 15) is 5.11 Å². The van der Waals surface area contributed by atoms with Gasteiger partial charge in [0.25, 0.3) is 0 Å². The molecular weight excluding hydrogens is 313 g/mol. The molecule has 2 rings (SSSR count). The Balaban J connectivity index is 1.64. The smallest absolute Gasteiger partial charge is 0.138 e. The fourth-order valence-corrected chi connectivity index (χ4v) is 2.20. The summed E-state index contributed by atoms with van der Waals surface area (Å²) >= 11 is 11.8. The van der Waals surface area contributed by atoms with E-state index in [1.165, 1.54) is 0 Å². The van der Waals surface area contributed by atoms with E-state index in [1.807, 2.05) is 10.8 Å². The maximum absolute atomic E-state index is 9.84. The van der Waals surface area contributed by atoms with Gasteiger partial charge in [-0.3, -0.25) is 0 Å². The molecule has 0 aliphatic carbocycles. The van der Waals surface area contributed by atoms with Crippen LogP contribution in [0.3, 0.4) is 0 Å². The summed E-state index contributed by atoms with van der Waals surface area (Å²) in [5.41, 5.74) is 0. The second-order valence-corrected chi connectivity index (χ2v) is 5.39. The summed E-state index contributed by atoms with van der Waals surface area (Å²) in [7, 11) is 0. The second-order valence-electron chi connectivity index (χ2n) is 4.54. The first kappa shape index (κ1) is 16.1. The predicted molar refractivity (Wildman–Crippen MR) is 83.1 cm³/mol. The first-order valence-electron chi connectivity index (χ1n) is 6.57. The number of hydrogen-bond donors (Lipinski definition) is 2. The van der Waals surface area contributed by atoms with E-state index >= 15 is 0 Å². The van der Waals surface area contributed by atoms with E-state index in [-0.39, 0.29) is 6.61 Å². The van der Waals surface area contributed by atoms with Crippen molar-refractivity contribution < 1.29 is 9.84 Å². The van der Waals surface area contributed by atoms with Crippen molar-refractivity contribution in [1.29, 1.82) is 0 Å². The zero-order chi connectivity index (χ0) is 15.1. The Bertz CT molecular complexity index is 549. The minimum atomic E-state index is -0.612. The molecule has 114 valence electrons. The average Bonchev–Trinajstić information content (AvgIpc) is 2.96. The molecule has 1 unspecified atom stereocenters. The maximum atomic E-state index is 9.84. The van der Waals surface area contributed by atoms with Crippen molar-refractivity contribution in [2.24, 2.45) is 0 Å². The number of nitrogens with one attached hydrogen (secondary N) is 1. The van der Waals surface area contributed by atoms with E-state index in [2.05, 4.69) is 10.3 Å². The van der Waals surface area contributed by atoms with Crippen molar-refractivity contribution in [2.75, 3.05) is 19.7 Å². The molecule has 5 nitrogen and oxygen atoms in total. The van der Waals surface area contributed by atoms with Gasteiger partial charge >= 0.3 is 0 Å². The van der Waals surface area contributed by atoms with Crippen LogP contribution in [0.2, 0.25) is 10.0 Å². The van der Waals surface area contributed by atoms with Gasteiger partial charge in [0.15, 0.2) is 0 Å². The molecule has 1 aromatic heterocycles. The van der Waals surface area contributed by atoms with Crippen molar-refractivity contribution in [3.63, 3.8) is 0 Å². The van der Waals surface area contributed by atoms with E-state index in [0.717, 1.165) is 13.1 Å². The number of imidazole rings is 1. The molecule has 0 radical (unpaired) electrons. The molecular formula is C14H17Cl2N3O2. The number of aliphatic hydroxyl groups excluding tert-OH is 1. The van der Waals surface area contributed by atoms with Gasteiger partial charge in [-0.1, -0.05) is 23.2 Å². The Hall–Kier alpha value is -1.27. The summed E-state index contributed by atoms with van der Waals surface area (Å²) < 4.78 is 7.42. The van der Waals surface area contributed by atoms with Crippen LogP contribution >= 0.6 is 23.2 Å². The Morgan fingerprint density at radius 1 is 1.38 bits per heavy atom. The van der Waals surface area contributed by atoms with Gasteiger partial charge in [-0.25, -0.2) is 4.98 Å². The SMILES string of the molecule is OC(CNCCn1ccnc1)COc1ccc(Cl)cc1Cl. The lowest BCUT2D eigenvalue weighted by Gasteiger charge is -2.14. The first-order valence-corrected chi connectivity index (χ1v) is 7.33. The largest absolute Gasteiger partial charge is 0.489 e. The summed E-state index contributed by atoms with van der Waals surface area (Å²) in [5, 5.41) is 14.0. The fraction of sp³-hybridized carbons (Fsp3) is 0.357. The van der Waals surface area contributed by atoms with Crippen LogP contribution in [0.4, 0.5) is 0 Å². The number of benzene rings is 1. The van der Waals surface area contributed by atoms with Crippen molar-refractivity contribution in [3.05, 3.63) is 47.0 Å². The van der Waals surface area contributed by atoms with Gasteiger partial charge in [0.1, 0.15) is 18.5 Å². The molecule has 0 fully saturated rings. The van der Waals surface area contributed by atoms with Crippen LogP contribution in [-0.4, -0.2) is 40.5 Å². The highest BCUT2D eigenvalue weighted by atomic mass is 35.5. The zero-order valence-electron chi connectivity index (χ0n) is 11.4. The van der Waals surface area contributed by atoms with Crippen molar-refractivity contribution in [3.8, 4) is 5.75 Å². The topological polar surface area (TPSA) is 59.3 Å². The highest BCUT2D eigenvalue weighted by molar-refractivity contribution is 6.35. The third-order valence-electron chi connectivity index (χ3n) is 2.81. The lowest BCUT2D eigenvalue weighted by molar-refractivity contribution is 0.106. The standard InChI is InChI=1S/C14H17Cl2N3O2/c15-11-1-2-14(13(16)7-11)21-9-12(20)8-17-3-5-19-6-4-18-10-19/h1-2,4,6-7,10,12,17,20H,3,5,8-9H2. The number of nitrogens with zero attached hydrogens (tertiary/aromatic N) is 2. The van der Waals surface area contributed by atoms with Crippen LogP contribution < -0.4 is 10.1 Å². The monoisotopic (exact) mass is 329 g/mol. The van der Waals surface area contributed by atoms with Crippen LogP contribution in [0.15, 0.2) is 36.9 Å². The Kier molecular flexibility index (Phi) is 6.32. The van der Waals surface area contributed by atoms with E-state index in [0.29, 0.717) is 22.3 Å². The van der Waals surface area contributed by atoms with Gasteiger partial charge < -0.3 is 19.7 Å². The fourth-order valence-electron chi connectivity index (χ4n) is 1.73. The Morgan fingerprint density at radius 3 is 2.95 bits per heavy atom. The molecule has 0 saturated heterocycles. The number of aliphatic hydroxyl groups is 1. The molecule has 2 aromatic rings. The number of hydrogen-bond acceptors (Lipinski definition) is 4. The van der Waals surface area contributed by atoms with Crippen LogP contribution in [0.25, 0.3) is 0 Å². The molecule has 0 amide bonds. The molecule has 0 aliphatic heterocycles. The highest BCUT2D eigenvalue weighted by Gasteiger charge is 2.07. The number of halogens is 2. The van der Waals surface area contributed by atoms with Crippen LogP contribution in [0, 0.1) is 0 Å². The molecule has 1 heterocycles. The summed E-state index contributed by atoms with van der Waals surface area (Å²) in [6, 6.07) is 4.98. The van der Waals surface area contributed by atoms with Gasteiger partial charge in [0.05, 0.1) is 11.3 Å². The zero-order valence-corrected chi connectivity index (χ0v) is 12.9. The molecule has 0 spiro atoms. The third-order valence-corrected chi connectivity index (χ3v) is 3.34. The second kappa shape index (κ2) is 8.24. The Morgan fingerprint density at radius 2 is 2.24 bits per heavy atom. The first-order chi connectivity index (χ1) is 10.1. The molecule has 7 heteroatoms. The quantitative estimate of drug-likeness (QED) is 0.729. The van der Waals surface area contributed by atoms with E-state index in [1.54, 1.807) is 30.7 Å². The van der Waals surface area contributed by atoms with Crippen LogP contribution in [-0.2, 0) is 6.54 Å². The van der Waals surface area contributed by atoms with Crippen LogP contribution in [0.5, 0.6) is 5.75 Å². The average molecular weight is 330 g/mol. The molecule has 0 saturated carbocycles. The lowest BCUT2D eigenvalue weighted by atomic mass is 10.3. The van der Waals surface area contributed by atoms with Gasteiger partial charge in [-0.15, -0.1) is 0 Å². The summed E-state index contributed by atoms with van der Waals surface area (Å²) in [5.74, 6) is 0.513. The molecule has 1 aromatic carbocycles. The van der Waals surface area contributed by atoms with Gasteiger partial charge in [0.2, 0.25) is 0 Å². The minimum absolute atomic E-state index is 0.166. The normalized spacial score (nSPS) is 12.3. The molecule has 2 N–H and O–H groups in total. The highest BCUT2D eigenvalue weighted by Crippen LogP contribution is 2.27. The molecule has 21 heavy (non-hydrogen) atoms. The summed E-state index contributed by atoms with van der Waals surface area (Å²) in [4.78, 5) is 3.96. The van der Waals surface area contributed by atoms with Crippen molar-refractivity contribution >= 4 is 23.2 Å². The molecule has 1 atom stereocenters.